The van der Waals surface area contributed by atoms with E-state index in [1.54, 1.807) is 0 Å². The Morgan fingerprint density at radius 3 is 2.33 bits per heavy atom. The van der Waals surface area contributed by atoms with Crippen molar-refractivity contribution < 1.29 is 0 Å². The van der Waals surface area contributed by atoms with Gasteiger partial charge in [0.2, 0.25) is 5.13 Å². The summed E-state index contributed by atoms with van der Waals surface area (Å²) < 4.78 is 3.28. The van der Waals surface area contributed by atoms with E-state index < -0.39 is 9.39 Å². The Morgan fingerprint density at radius 2 is 1.83 bits per heavy atom. The van der Waals surface area contributed by atoms with E-state index in [-0.39, 0.29) is 0 Å². The van der Waals surface area contributed by atoms with Crippen LogP contribution in [0.5, 0.6) is 0 Å². The molecule has 1 aromatic carbocycles. The van der Waals surface area contributed by atoms with E-state index in [1.165, 1.54) is 11.3 Å². The van der Waals surface area contributed by atoms with Gasteiger partial charge in [-0.3, -0.25) is 0 Å². The highest BCUT2D eigenvalue weighted by Crippen LogP contribution is 2.34. The van der Waals surface area contributed by atoms with Crippen LogP contribution in [0.4, 0.5) is 10.8 Å². The molecule has 2 N–H and O–H groups in total. The van der Waals surface area contributed by atoms with Crippen molar-refractivity contribution in [3.63, 3.8) is 0 Å². The van der Waals surface area contributed by atoms with Gasteiger partial charge in [-0.1, -0.05) is 23.1 Å². The van der Waals surface area contributed by atoms with Crippen LogP contribution in [0.2, 0.25) is 0 Å². The predicted octanol–water partition coefficient (Wildman–Crippen LogP) is 2.94. The van der Waals surface area contributed by atoms with Crippen molar-refractivity contribution >= 4 is 43.3 Å². The molecule has 0 aliphatic carbocycles. The monoisotopic (exact) mass is 280 g/mol. The van der Waals surface area contributed by atoms with E-state index in [4.69, 9.17) is 0 Å². The van der Waals surface area contributed by atoms with Gasteiger partial charge in [0.25, 0.3) is 0 Å². The van der Waals surface area contributed by atoms with Crippen LogP contribution in [0.25, 0.3) is 0 Å². The van der Waals surface area contributed by atoms with Crippen molar-refractivity contribution in [3.8, 4) is 0 Å². The third-order valence-corrected chi connectivity index (χ3v) is 5.04. The molecule has 2 aromatic rings. The summed E-state index contributed by atoms with van der Waals surface area (Å²) in [6.07, 6.45) is 0. The first-order valence-electron chi connectivity index (χ1n) is 5.36. The zero-order valence-corrected chi connectivity index (χ0v) is 12.1. The first-order valence-corrected chi connectivity index (χ1v) is 8.15. The van der Waals surface area contributed by atoms with Gasteiger partial charge in [0.1, 0.15) is 5.01 Å². The van der Waals surface area contributed by atoms with E-state index in [0.717, 1.165) is 20.7 Å². The molecule has 0 saturated heterocycles. The van der Waals surface area contributed by atoms with Crippen LogP contribution in [-0.4, -0.2) is 29.0 Å². The SMILES string of the molecule is C=S(=C)(Nc1nnc(C)s1)c1ccc(NC)cc1. The minimum absolute atomic E-state index is 0.769. The van der Waals surface area contributed by atoms with Crippen LogP contribution >= 0.6 is 20.7 Å². The molecule has 0 bridgehead atoms. The van der Waals surface area contributed by atoms with Gasteiger partial charge in [-0.15, -0.1) is 19.6 Å². The number of anilines is 2. The molecular formula is C12H16N4S2. The molecule has 0 aliphatic rings. The third-order valence-electron chi connectivity index (χ3n) is 2.40. The van der Waals surface area contributed by atoms with Gasteiger partial charge in [-0.05, 0) is 31.2 Å². The summed E-state index contributed by atoms with van der Waals surface area (Å²) in [5, 5.41) is 12.8. The van der Waals surface area contributed by atoms with Crippen LogP contribution in [0, 0.1) is 6.92 Å². The number of nitrogens with zero attached hydrogens (tertiary/aromatic N) is 2. The summed E-state index contributed by atoms with van der Waals surface area (Å²) >= 11 is 1.51. The smallest absolute Gasteiger partial charge is 0.215 e. The summed E-state index contributed by atoms with van der Waals surface area (Å²) in [5.74, 6) is 8.36. The molecule has 96 valence electrons. The number of hydrogen-bond donors (Lipinski definition) is 2. The fourth-order valence-corrected chi connectivity index (χ4v) is 3.68. The van der Waals surface area contributed by atoms with Crippen LogP contribution in [-0.2, 0) is 0 Å². The Kier molecular flexibility index (Phi) is 3.58. The molecule has 1 aromatic heterocycles. The van der Waals surface area contributed by atoms with Crippen molar-refractivity contribution in [1.82, 2.24) is 10.2 Å². The van der Waals surface area contributed by atoms with Gasteiger partial charge in [0, 0.05) is 17.6 Å². The highest BCUT2D eigenvalue weighted by molar-refractivity contribution is 8.28. The Balaban J connectivity index is 2.24. The van der Waals surface area contributed by atoms with E-state index in [0.29, 0.717) is 0 Å². The topological polar surface area (TPSA) is 49.8 Å². The molecule has 0 saturated carbocycles. The van der Waals surface area contributed by atoms with Gasteiger partial charge in [0.05, 0.1) is 0 Å². The van der Waals surface area contributed by atoms with E-state index in [1.807, 2.05) is 38.2 Å². The summed E-state index contributed by atoms with van der Waals surface area (Å²) in [7, 11) is 0.300. The second-order valence-electron chi connectivity index (χ2n) is 3.89. The molecule has 0 fully saturated rings. The molecule has 18 heavy (non-hydrogen) atoms. The zero-order valence-electron chi connectivity index (χ0n) is 10.4. The number of hydrogen-bond acceptors (Lipinski definition) is 5. The zero-order chi connectivity index (χ0) is 13.2. The molecule has 0 radical (unpaired) electrons. The summed E-state index contributed by atoms with van der Waals surface area (Å²) in [5.41, 5.74) is 1.07. The number of nitrogens with one attached hydrogen (secondary N) is 2. The van der Waals surface area contributed by atoms with Crippen molar-refractivity contribution in [2.24, 2.45) is 0 Å². The van der Waals surface area contributed by atoms with E-state index >= 15 is 0 Å². The number of aromatic nitrogens is 2. The van der Waals surface area contributed by atoms with Gasteiger partial charge < -0.3 is 10.0 Å². The lowest BCUT2D eigenvalue weighted by Gasteiger charge is -2.16. The molecule has 0 unspecified atom stereocenters. The van der Waals surface area contributed by atoms with Crippen LogP contribution < -0.4 is 10.0 Å². The Labute approximate surface area is 112 Å². The van der Waals surface area contributed by atoms with Crippen molar-refractivity contribution in [1.29, 1.82) is 0 Å². The van der Waals surface area contributed by atoms with E-state index in [9.17, 15) is 0 Å². The molecule has 1 heterocycles. The normalized spacial score (nSPS) is 11.2. The quantitative estimate of drug-likeness (QED) is 0.846. The van der Waals surface area contributed by atoms with Crippen molar-refractivity contribution in [3.05, 3.63) is 29.3 Å². The molecular weight excluding hydrogens is 264 g/mol. The largest absolute Gasteiger partial charge is 0.388 e. The summed E-state index contributed by atoms with van der Waals surface area (Å²) in [6, 6.07) is 8.09. The van der Waals surface area contributed by atoms with Gasteiger partial charge >= 0.3 is 0 Å². The molecule has 6 heteroatoms. The second kappa shape index (κ2) is 4.99. The lowest BCUT2D eigenvalue weighted by molar-refractivity contribution is 1.06. The van der Waals surface area contributed by atoms with E-state index in [2.05, 4.69) is 32.0 Å². The molecule has 0 atom stereocenters. The Hall–Kier alpha value is -1.53. The second-order valence-corrected chi connectivity index (χ2v) is 7.51. The average Bonchev–Trinajstić information content (AvgIpc) is 2.74. The number of benzene rings is 1. The fraction of sp³-hybridized carbons (Fsp3) is 0.167. The molecule has 2 rings (SSSR count). The molecule has 0 aliphatic heterocycles. The lowest BCUT2D eigenvalue weighted by atomic mass is 10.3. The maximum Gasteiger partial charge on any atom is 0.215 e. The maximum atomic E-state index is 4.18. The molecule has 0 amide bonds. The van der Waals surface area contributed by atoms with Crippen molar-refractivity contribution in [2.45, 2.75) is 11.8 Å². The maximum absolute atomic E-state index is 4.18. The minimum Gasteiger partial charge on any atom is -0.388 e. The Bertz CT molecular complexity index is 626. The third kappa shape index (κ3) is 2.83. The number of rotatable bonds is 4. The van der Waals surface area contributed by atoms with Crippen molar-refractivity contribution in [2.75, 3.05) is 17.1 Å². The Morgan fingerprint density at radius 1 is 1.17 bits per heavy atom. The molecule has 0 spiro atoms. The minimum atomic E-state index is -1.59. The van der Waals surface area contributed by atoms with Gasteiger partial charge in [0.15, 0.2) is 0 Å². The van der Waals surface area contributed by atoms with Crippen LogP contribution in [0.15, 0.2) is 29.2 Å². The van der Waals surface area contributed by atoms with Gasteiger partial charge in [-0.2, -0.15) is 0 Å². The van der Waals surface area contributed by atoms with Crippen LogP contribution in [0.3, 0.4) is 0 Å². The lowest BCUT2D eigenvalue weighted by Crippen LogP contribution is -1.96. The average molecular weight is 280 g/mol. The summed E-state index contributed by atoms with van der Waals surface area (Å²) in [4.78, 5) is 1.08. The highest BCUT2D eigenvalue weighted by atomic mass is 32.2. The molecule has 4 nitrogen and oxygen atoms in total. The summed E-state index contributed by atoms with van der Waals surface area (Å²) in [6.45, 7) is 1.92. The standard InChI is InChI=1S/C12H16N4S2/c1-9-14-15-12(17-9)16-18(3,4)11-7-5-10(13-2)6-8-11/h5-8,13H,3-4H2,1-2H3,(H,15,16). The fourth-order valence-electron chi connectivity index (χ4n) is 1.45. The first kappa shape index (κ1) is 12.9. The first-order chi connectivity index (χ1) is 8.51. The van der Waals surface area contributed by atoms with Crippen LogP contribution in [0.1, 0.15) is 5.01 Å². The van der Waals surface area contributed by atoms with Gasteiger partial charge in [-0.25, -0.2) is 0 Å². The number of aryl methyl sites for hydroxylation is 1. The highest BCUT2D eigenvalue weighted by Gasteiger charge is 2.05. The predicted molar refractivity (Wildman–Crippen MR) is 84.4 cm³/mol.